The molecular formula is C24H28N6O2S2. The zero-order valence-corrected chi connectivity index (χ0v) is 21.2. The Bertz CT molecular complexity index is 1320. The van der Waals surface area contributed by atoms with Crippen molar-refractivity contribution in [1.29, 1.82) is 0 Å². The number of hydrogen-bond donors (Lipinski definition) is 1. The summed E-state index contributed by atoms with van der Waals surface area (Å²) in [5.74, 6) is 1.58. The Morgan fingerprint density at radius 3 is 2.65 bits per heavy atom. The minimum absolute atomic E-state index is 0.0146. The van der Waals surface area contributed by atoms with Gasteiger partial charge >= 0.3 is 0 Å². The molecule has 3 aromatic rings. The van der Waals surface area contributed by atoms with Crippen LogP contribution < -0.4 is 5.32 Å². The lowest BCUT2D eigenvalue weighted by Gasteiger charge is -2.24. The highest BCUT2D eigenvalue weighted by atomic mass is 32.2. The zero-order chi connectivity index (χ0) is 24.3. The van der Waals surface area contributed by atoms with E-state index in [1.165, 1.54) is 11.3 Å². The van der Waals surface area contributed by atoms with Gasteiger partial charge in [0.2, 0.25) is 0 Å². The van der Waals surface area contributed by atoms with Gasteiger partial charge in [-0.25, -0.2) is 18.4 Å². The quantitative estimate of drug-likeness (QED) is 0.489. The molecule has 0 spiro atoms. The Morgan fingerprint density at radius 1 is 1.24 bits per heavy atom. The summed E-state index contributed by atoms with van der Waals surface area (Å²) in [6.07, 6.45) is 6.69. The normalized spacial score (nSPS) is 16.3. The van der Waals surface area contributed by atoms with Gasteiger partial charge in [0, 0.05) is 38.1 Å². The first-order valence-corrected chi connectivity index (χ1v) is 13.6. The molecule has 1 aliphatic rings. The third-order valence-electron chi connectivity index (χ3n) is 5.51. The van der Waals surface area contributed by atoms with E-state index in [1.807, 2.05) is 62.5 Å². The molecule has 178 valence electrons. The number of sulfone groups is 1. The molecule has 1 N–H and O–H groups in total. The van der Waals surface area contributed by atoms with Gasteiger partial charge in [-0.2, -0.15) is 0 Å². The standard InChI is InChI=1S/C24H28N6O2S2/c1-5-17(15-30(3)4)18-7-6-8-19(13-18)22-25-14-21(24-29-28-16(2)33-24)23(27-22)26-20-9-11-34(31,32)12-10-20/h5-8,13-15,20H,1,9-12H2,2-4H3,(H,25,26,27)/b17-15+. The van der Waals surface area contributed by atoms with Crippen molar-refractivity contribution in [2.45, 2.75) is 25.8 Å². The van der Waals surface area contributed by atoms with Crippen molar-refractivity contribution in [2.24, 2.45) is 0 Å². The average molecular weight is 497 g/mol. The Labute approximate surface area is 204 Å². The summed E-state index contributed by atoms with van der Waals surface area (Å²) in [5, 5.41) is 13.5. The first kappa shape index (κ1) is 24.0. The van der Waals surface area contributed by atoms with Crippen molar-refractivity contribution in [1.82, 2.24) is 25.1 Å². The van der Waals surface area contributed by atoms with Crippen LogP contribution in [0.1, 0.15) is 23.4 Å². The number of nitrogens with zero attached hydrogens (tertiary/aromatic N) is 5. The van der Waals surface area contributed by atoms with E-state index in [2.05, 4.69) is 27.1 Å². The molecule has 0 amide bonds. The summed E-state index contributed by atoms with van der Waals surface area (Å²) in [5.41, 5.74) is 3.65. The van der Waals surface area contributed by atoms with Crippen LogP contribution in [0.4, 0.5) is 5.82 Å². The zero-order valence-electron chi connectivity index (χ0n) is 19.5. The number of hydrogen-bond acceptors (Lipinski definition) is 9. The van der Waals surface area contributed by atoms with Crippen LogP contribution in [-0.4, -0.2) is 65.1 Å². The van der Waals surface area contributed by atoms with Crippen LogP contribution in [0.3, 0.4) is 0 Å². The summed E-state index contributed by atoms with van der Waals surface area (Å²) in [6, 6.07) is 8.03. The molecule has 0 bridgehead atoms. The summed E-state index contributed by atoms with van der Waals surface area (Å²) in [6.45, 7) is 5.84. The summed E-state index contributed by atoms with van der Waals surface area (Å²) < 4.78 is 23.7. The van der Waals surface area contributed by atoms with Crippen LogP contribution in [0.15, 0.2) is 49.3 Å². The monoisotopic (exact) mass is 496 g/mol. The van der Waals surface area contributed by atoms with Gasteiger partial charge in [-0.1, -0.05) is 42.2 Å². The van der Waals surface area contributed by atoms with Crippen molar-refractivity contribution in [3.8, 4) is 22.0 Å². The molecule has 34 heavy (non-hydrogen) atoms. The van der Waals surface area contributed by atoms with Crippen LogP contribution in [-0.2, 0) is 9.84 Å². The maximum absolute atomic E-state index is 11.9. The topological polar surface area (TPSA) is 101 Å². The number of allylic oxidation sites excluding steroid dienone is 2. The predicted octanol–water partition coefficient (Wildman–Crippen LogP) is 4.05. The highest BCUT2D eigenvalue weighted by molar-refractivity contribution is 7.91. The number of anilines is 1. The molecule has 0 unspecified atom stereocenters. The number of aromatic nitrogens is 4. The van der Waals surface area contributed by atoms with E-state index in [4.69, 9.17) is 4.98 Å². The molecule has 1 fully saturated rings. The molecule has 0 aliphatic carbocycles. The molecule has 2 aromatic heterocycles. The van der Waals surface area contributed by atoms with E-state index in [-0.39, 0.29) is 17.5 Å². The molecule has 1 aliphatic heterocycles. The van der Waals surface area contributed by atoms with Crippen molar-refractivity contribution >= 4 is 32.6 Å². The van der Waals surface area contributed by atoms with Gasteiger partial charge in [0.1, 0.15) is 20.7 Å². The highest BCUT2D eigenvalue weighted by Crippen LogP contribution is 2.32. The highest BCUT2D eigenvalue weighted by Gasteiger charge is 2.25. The van der Waals surface area contributed by atoms with Gasteiger partial charge < -0.3 is 10.2 Å². The van der Waals surface area contributed by atoms with Crippen molar-refractivity contribution in [3.05, 3.63) is 59.9 Å². The fourth-order valence-electron chi connectivity index (χ4n) is 3.78. The number of benzene rings is 1. The van der Waals surface area contributed by atoms with Crippen LogP contribution in [0, 0.1) is 6.92 Å². The second-order valence-corrected chi connectivity index (χ2v) is 12.0. The van der Waals surface area contributed by atoms with E-state index in [0.717, 1.165) is 32.3 Å². The maximum Gasteiger partial charge on any atom is 0.161 e. The Hall–Kier alpha value is -3.11. The van der Waals surface area contributed by atoms with Crippen LogP contribution in [0.2, 0.25) is 0 Å². The minimum atomic E-state index is -2.95. The van der Waals surface area contributed by atoms with Gasteiger partial charge in [0.15, 0.2) is 10.8 Å². The van der Waals surface area contributed by atoms with Crippen LogP contribution >= 0.6 is 11.3 Å². The molecule has 1 saturated heterocycles. The van der Waals surface area contributed by atoms with E-state index < -0.39 is 9.84 Å². The number of rotatable bonds is 7. The first-order chi connectivity index (χ1) is 16.2. The maximum atomic E-state index is 11.9. The fraction of sp³-hybridized carbons (Fsp3) is 0.333. The SMILES string of the molecule is C=C/C(=C\N(C)C)c1cccc(-c2ncc(-c3nnc(C)s3)c(NC3CCS(=O)(=O)CC3)n2)c1. The third kappa shape index (κ3) is 5.68. The number of aryl methyl sites for hydroxylation is 1. The van der Waals surface area contributed by atoms with Gasteiger partial charge in [-0.05, 0) is 37.0 Å². The van der Waals surface area contributed by atoms with E-state index in [1.54, 1.807) is 6.20 Å². The van der Waals surface area contributed by atoms with Crippen molar-refractivity contribution < 1.29 is 8.42 Å². The molecule has 0 radical (unpaired) electrons. The summed E-state index contributed by atoms with van der Waals surface area (Å²) >= 11 is 1.47. The molecule has 3 heterocycles. The Balaban J connectivity index is 1.71. The van der Waals surface area contributed by atoms with E-state index in [9.17, 15) is 8.42 Å². The van der Waals surface area contributed by atoms with Crippen LogP contribution in [0.5, 0.6) is 0 Å². The van der Waals surface area contributed by atoms with Crippen molar-refractivity contribution in [2.75, 3.05) is 30.9 Å². The van der Waals surface area contributed by atoms with Gasteiger partial charge in [0.05, 0.1) is 17.1 Å². The lowest BCUT2D eigenvalue weighted by molar-refractivity contribution is 0.559. The summed E-state index contributed by atoms with van der Waals surface area (Å²) in [4.78, 5) is 11.5. The van der Waals surface area contributed by atoms with Crippen molar-refractivity contribution in [3.63, 3.8) is 0 Å². The fourth-order valence-corrected chi connectivity index (χ4v) is 5.98. The second kappa shape index (κ2) is 10.0. The molecular weight excluding hydrogens is 468 g/mol. The Kier molecular flexibility index (Phi) is 7.08. The largest absolute Gasteiger partial charge is 0.383 e. The predicted molar refractivity (Wildman–Crippen MR) is 138 cm³/mol. The third-order valence-corrected chi connectivity index (χ3v) is 8.10. The first-order valence-electron chi connectivity index (χ1n) is 11.0. The molecule has 8 nitrogen and oxygen atoms in total. The van der Waals surface area contributed by atoms with E-state index >= 15 is 0 Å². The van der Waals surface area contributed by atoms with Gasteiger partial charge in [-0.15, -0.1) is 10.2 Å². The second-order valence-electron chi connectivity index (χ2n) is 8.49. The minimum Gasteiger partial charge on any atom is -0.383 e. The van der Waals surface area contributed by atoms with Crippen LogP contribution in [0.25, 0.3) is 27.5 Å². The molecule has 0 saturated carbocycles. The molecule has 1 aromatic carbocycles. The average Bonchev–Trinajstić information content (AvgIpc) is 3.24. The molecule has 4 rings (SSSR count). The summed E-state index contributed by atoms with van der Waals surface area (Å²) in [7, 11) is 0.990. The van der Waals surface area contributed by atoms with Gasteiger partial charge in [-0.3, -0.25) is 0 Å². The van der Waals surface area contributed by atoms with Gasteiger partial charge in [0.25, 0.3) is 0 Å². The molecule has 10 heteroatoms. The van der Waals surface area contributed by atoms with E-state index in [0.29, 0.717) is 24.5 Å². The lowest BCUT2D eigenvalue weighted by atomic mass is 10.0. The smallest absolute Gasteiger partial charge is 0.161 e. The lowest BCUT2D eigenvalue weighted by Crippen LogP contribution is -2.32. The number of nitrogens with one attached hydrogen (secondary N) is 1. The Morgan fingerprint density at radius 2 is 2.00 bits per heavy atom. The molecule has 0 atom stereocenters.